The molecule has 0 aromatic rings. The highest BCUT2D eigenvalue weighted by Crippen LogP contribution is 2.28. The summed E-state index contributed by atoms with van der Waals surface area (Å²) < 4.78 is 14.9. The Morgan fingerprint density at radius 2 is 1.88 bits per heavy atom. The second-order valence-corrected chi connectivity index (χ2v) is 5.85. The first-order valence-corrected chi connectivity index (χ1v) is 8.39. The van der Waals surface area contributed by atoms with E-state index in [0.717, 1.165) is 6.42 Å². The third-order valence-electron chi connectivity index (χ3n) is 4.37. The van der Waals surface area contributed by atoms with Crippen molar-refractivity contribution in [1.29, 1.82) is 0 Å². The molecule has 3 unspecified atom stereocenters. The average Bonchev–Trinajstić information content (AvgIpc) is 2.65. The van der Waals surface area contributed by atoms with Gasteiger partial charge in [0, 0.05) is 25.9 Å². The molecule has 7 heteroatoms. The van der Waals surface area contributed by atoms with E-state index < -0.39 is 24.2 Å². The Balaban J connectivity index is 3.02. The lowest BCUT2D eigenvalue weighted by atomic mass is 9.93. The second kappa shape index (κ2) is 10.7. The van der Waals surface area contributed by atoms with Gasteiger partial charge in [-0.05, 0) is 32.6 Å². The van der Waals surface area contributed by atoms with Crippen LogP contribution in [0.4, 0.5) is 0 Å². The van der Waals surface area contributed by atoms with E-state index in [2.05, 4.69) is 16.6 Å². The largest absolute Gasteiger partial charge is 0.469 e. The number of likely N-dealkylation sites (tertiary alicyclic amines) is 1. The molecule has 0 aliphatic carbocycles. The first kappa shape index (κ1) is 21.0. The maximum atomic E-state index is 13.1. The van der Waals surface area contributed by atoms with Gasteiger partial charge in [0.1, 0.15) is 12.3 Å². The van der Waals surface area contributed by atoms with Gasteiger partial charge in [-0.2, -0.15) is 0 Å². The molecule has 0 aromatic carbocycles. The lowest BCUT2D eigenvalue weighted by molar-refractivity contribution is -0.172. The number of amides is 1. The third-order valence-corrected chi connectivity index (χ3v) is 4.37. The van der Waals surface area contributed by atoms with Crippen molar-refractivity contribution in [2.24, 2.45) is 5.92 Å². The van der Waals surface area contributed by atoms with Crippen LogP contribution in [0.5, 0.6) is 0 Å². The Hall–Kier alpha value is -2.07. The fraction of sp³-hybridized carbons (Fsp3) is 0.722. The minimum absolute atomic E-state index is 0.118. The molecular weight excluding hydrogens is 326 g/mol. The van der Waals surface area contributed by atoms with E-state index in [1.807, 2.05) is 0 Å². The molecule has 140 valence electrons. The number of methoxy groups -OCH3 is 3. The van der Waals surface area contributed by atoms with Crippen LogP contribution < -0.4 is 0 Å². The highest BCUT2D eigenvalue weighted by molar-refractivity contribution is 5.86. The molecule has 25 heavy (non-hydrogen) atoms. The Morgan fingerprint density at radius 3 is 2.44 bits per heavy atom. The highest BCUT2D eigenvalue weighted by atomic mass is 16.5. The topological polar surface area (TPSA) is 82.1 Å². The van der Waals surface area contributed by atoms with Gasteiger partial charge >= 0.3 is 11.9 Å². The van der Waals surface area contributed by atoms with Gasteiger partial charge in [0.2, 0.25) is 5.91 Å². The van der Waals surface area contributed by atoms with Crippen LogP contribution in [-0.2, 0) is 28.6 Å². The fourth-order valence-corrected chi connectivity index (χ4v) is 3.00. The van der Waals surface area contributed by atoms with Crippen molar-refractivity contribution in [3.8, 4) is 11.8 Å². The molecule has 1 fully saturated rings. The summed E-state index contributed by atoms with van der Waals surface area (Å²) in [5, 5.41) is 0. The molecule has 0 aromatic heterocycles. The van der Waals surface area contributed by atoms with E-state index in [-0.39, 0.29) is 18.3 Å². The van der Waals surface area contributed by atoms with Crippen LogP contribution in [0.2, 0.25) is 0 Å². The molecular formula is C18H27NO6. The van der Waals surface area contributed by atoms with Crippen molar-refractivity contribution in [3.63, 3.8) is 0 Å². The minimum atomic E-state index is -0.675. The van der Waals surface area contributed by atoms with Crippen LogP contribution in [0.15, 0.2) is 0 Å². The summed E-state index contributed by atoms with van der Waals surface area (Å²) in [6.07, 6.45) is 2.20. The first-order chi connectivity index (χ1) is 12.0. The van der Waals surface area contributed by atoms with Gasteiger partial charge in [0.05, 0.1) is 14.2 Å². The molecule has 1 amide bonds. The summed E-state index contributed by atoms with van der Waals surface area (Å²) >= 11 is 0. The Morgan fingerprint density at radius 1 is 1.16 bits per heavy atom. The highest BCUT2D eigenvalue weighted by Gasteiger charge is 2.41. The zero-order valence-corrected chi connectivity index (χ0v) is 15.4. The summed E-state index contributed by atoms with van der Waals surface area (Å²) in [6.45, 7) is 1.69. The predicted molar refractivity (Wildman–Crippen MR) is 90.1 cm³/mol. The summed E-state index contributed by atoms with van der Waals surface area (Å²) in [5.41, 5.74) is 0. The number of hydrogen-bond acceptors (Lipinski definition) is 6. The number of carbonyl (C=O) groups is 3. The average molecular weight is 353 g/mol. The summed E-state index contributed by atoms with van der Waals surface area (Å²) in [7, 11) is 4.13. The molecule has 0 bridgehead atoms. The van der Waals surface area contributed by atoms with Gasteiger partial charge in [-0.1, -0.05) is 0 Å². The zero-order chi connectivity index (χ0) is 18.8. The maximum Gasteiger partial charge on any atom is 0.328 e. The number of piperidine rings is 1. The smallest absolute Gasteiger partial charge is 0.328 e. The zero-order valence-electron chi connectivity index (χ0n) is 15.4. The monoisotopic (exact) mass is 353 g/mol. The van der Waals surface area contributed by atoms with Gasteiger partial charge in [-0.3, -0.25) is 9.59 Å². The quantitative estimate of drug-likeness (QED) is 0.509. The fourth-order valence-electron chi connectivity index (χ4n) is 3.00. The van der Waals surface area contributed by atoms with Crippen LogP contribution in [0, 0.1) is 17.8 Å². The number of nitrogens with zero attached hydrogens (tertiary/aromatic N) is 1. The lowest BCUT2D eigenvalue weighted by Gasteiger charge is -2.41. The molecule has 1 saturated heterocycles. The van der Waals surface area contributed by atoms with E-state index in [9.17, 15) is 14.4 Å². The maximum absolute atomic E-state index is 13.1. The van der Waals surface area contributed by atoms with Crippen molar-refractivity contribution in [2.45, 2.75) is 57.7 Å². The van der Waals surface area contributed by atoms with E-state index in [1.54, 1.807) is 6.92 Å². The molecule has 0 spiro atoms. The molecule has 1 aliphatic rings. The van der Waals surface area contributed by atoms with Gasteiger partial charge < -0.3 is 19.1 Å². The summed E-state index contributed by atoms with van der Waals surface area (Å²) in [4.78, 5) is 38.2. The van der Waals surface area contributed by atoms with Crippen LogP contribution in [-0.4, -0.2) is 56.3 Å². The number of hydrogen-bond donors (Lipinski definition) is 0. The number of ether oxygens (including phenoxy) is 3. The Labute approximate surface area is 149 Å². The molecule has 0 N–H and O–H groups in total. The Bertz CT molecular complexity index is 535. The molecule has 1 rings (SSSR count). The van der Waals surface area contributed by atoms with Crippen LogP contribution in [0.1, 0.15) is 45.4 Å². The molecule has 0 saturated carbocycles. The molecule has 1 aliphatic heterocycles. The normalized spacial score (nSPS) is 20.9. The van der Waals surface area contributed by atoms with Crippen LogP contribution >= 0.6 is 0 Å². The minimum Gasteiger partial charge on any atom is -0.469 e. The van der Waals surface area contributed by atoms with Gasteiger partial charge in [0.15, 0.2) is 0 Å². The van der Waals surface area contributed by atoms with Crippen LogP contribution in [0.3, 0.4) is 0 Å². The van der Waals surface area contributed by atoms with Crippen LogP contribution in [0.25, 0.3) is 0 Å². The van der Waals surface area contributed by atoms with Crippen molar-refractivity contribution in [3.05, 3.63) is 0 Å². The number of esters is 2. The molecule has 0 radical (unpaired) electrons. The molecule has 7 nitrogen and oxygen atoms in total. The van der Waals surface area contributed by atoms with Gasteiger partial charge in [-0.15, -0.1) is 11.8 Å². The molecule has 3 atom stereocenters. The van der Waals surface area contributed by atoms with E-state index in [0.29, 0.717) is 25.7 Å². The van der Waals surface area contributed by atoms with E-state index in [4.69, 9.17) is 9.47 Å². The van der Waals surface area contributed by atoms with E-state index >= 15 is 0 Å². The summed E-state index contributed by atoms with van der Waals surface area (Å²) in [6, 6.07) is -0.675. The third kappa shape index (κ3) is 5.75. The predicted octanol–water partition coefficient (Wildman–Crippen LogP) is 1.50. The standard InChI is InChI=1S/C18H27NO6/c1-5-6-8-13(11-12-16(20)24-3)17(21)19-14(18(22)25-4)9-7-10-15(19)23-2/h13-15H,7-12H2,1-4H3. The lowest BCUT2D eigenvalue weighted by Crippen LogP contribution is -2.56. The summed E-state index contributed by atoms with van der Waals surface area (Å²) in [5.74, 6) is 4.08. The number of carbonyl (C=O) groups excluding carboxylic acids is 3. The van der Waals surface area contributed by atoms with Crippen molar-refractivity contribution < 1.29 is 28.6 Å². The first-order valence-electron chi connectivity index (χ1n) is 8.39. The van der Waals surface area contributed by atoms with Crippen molar-refractivity contribution >= 4 is 17.8 Å². The van der Waals surface area contributed by atoms with E-state index in [1.165, 1.54) is 26.2 Å². The van der Waals surface area contributed by atoms with Crippen molar-refractivity contribution in [2.75, 3.05) is 21.3 Å². The van der Waals surface area contributed by atoms with Gasteiger partial charge in [0.25, 0.3) is 0 Å². The SMILES string of the molecule is CC#CCC(CCC(=O)OC)C(=O)N1C(OC)CCCC1C(=O)OC. The Kier molecular flexibility index (Phi) is 9.00. The van der Waals surface area contributed by atoms with Gasteiger partial charge in [-0.25, -0.2) is 4.79 Å². The molecule has 1 heterocycles. The number of rotatable bonds is 7. The second-order valence-electron chi connectivity index (χ2n) is 5.85. The van der Waals surface area contributed by atoms with Crippen molar-refractivity contribution in [1.82, 2.24) is 4.90 Å².